The van der Waals surface area contributed by atoms with Crippen LogP contribution in [0, 0.1) is 16.7 Å². The summed E-state index contributed by atoms with van der Waals surface area (Å²) in [6.45, 7) is 9.94. The Balaban J connectivity index is 1.97. The van der Waals surface area contributed by atoms with Crippen LogP contribution < -0.4 is 0 Å². The van der Waals surface area contributed by atoms with Crippen LogP contribution in [0.15, 0.2) is 0 Å². The lowest BCUT2D eigenvalue weighted by Gasteiger charge is -2.60. The number of hydrogen-bond donors (Lipinski definition) is 0. The number of rotatable bonds is 1. The van der Waals surface area contributed by atoms with E-state index in [1.54, 1.807) is 0 Å². The summed E-state index contributed by atoms with van der Waals surface area (Å²) in [5.74, 6) is 0.861. The van der Waals surface area contributed by atoms with Crippen molar-refractivity contribution in [1.82, 2.24) is 4.90 Å². The van der Waals surface area contributed by atoms with Gasteiger partial charge < -0.3 is 4.90 Å². The van der Waals surface area contributed by atoms with Gasteiger partial charge in [-0.1, -0.05) is 20.8 Å². The Kier molecular flexibility index (Phi) is 2.42. The topological polar surface area (TPSA) is 3.24 Å². The Hall–Kier alpha value is -0.0400. The molecule has 2 aliphatic rings. The van der Waals surface area contributed by atoms with E-state index < -0.39 is 0 Å². The SMILES string of the molecule is CC(C)C1(C)CC2(CCCN(C)C2)C1. The first-order chi connectivity index (χ1) is 6.46. The van der Waals surface area contributed by atoms with E-state index in [1.165, 1.54) is 38.8 Å². The van der Waals surface area contributed by atoms with Crippen molar-refractivity contribution in [2.75, 3.05) is 20.1 Å². The Morgan fingerprint density at radius 3 is 2.36 bits per heavy atom. The minimum atomic E-state index is 0.651. The Labute approximate surface area is 88.9 Å². The van der Waals surface area contributed by atoms with Crippen LogP contribution in [0.3, 0.4) is 0 Å². The molecule has 2 fully saturated rings. The molecule has 1 nitrogen and oxygen atoms in total. The molecule has 1 aliphatic heterocycles. The minimum absolute atomic E-state index is 0.651. The average Bonchev–Trinajstić information content (AvgIpc) is 2.01. The number of hydrogen-bond acceptors (Lipinski definition) is 1. The lowest BCUT2D eigenvalue weighted by molar-refractivity contribution is -0.0965. The first-order valence-corrected chi connectivity index (χ1v) is 6.14. The quantitative estimate of drug-likeness (QED) is 0.621. The van der Waals surface area contributed by atoms with Gasteiger partial charge in [0.05, 0.1) is 0 Å². The maximum absolute atomic E-state index is 2.53. The summed E-state index contributed by atoms with van der Waals surface area (Å²) in [7, 11) is 2.28. The fourth-order valence-electron chi connectivity index (χ4n) is 3.81. The molecule has 0 atom stereocenters. The zero-order valence-corrected chi connectivity index (χ0v) is 10.3. The standard InChI is InChI=1S/C13H25N/c1-11(2)12(3)8-13(9-12)6-5-7-14(4)10-13/h11H,5-10H2,1-4H3. The highest BCUT2D eigenvalue weighted by Crippen LogP contribution is 2.61. The summed E-state index contributed by atoms with van der Waals surface area (Å²) in [4.78, 5) is 2.53. The summed E-state index contributed by atoms with van der Waals surface area (Å²) in [5, 5.41) is 0. The number of nitrogens with zero attached hydrogens (tertiary/aromatic N) is 1. The second-order valence-corrected chi connectivity index (χ2v) is 6.50. The van der Waals surface area contributed by atoms with Crippen molar-refractivity contribution < 1.29 is 0 Å². The van der Waals surface area contributed by atoms with E-state index in [1.807, 2.05) is 0 Å². The molecule has 1 saturated heterocycles. The van der Waals surface area contributed by atoms with Crippen molar-refractivity contribution in [3.8, 4) is 0 Å². The fourth-order valence-corrected chi connectivity index (χ4v) is 3.81. The predicted molar refractivity (Wildman–Crippen MR) is 61.3 cm³/mol. The van der Waals surface area contributed by atoms with Crippen molar-refractivity contribution in [1.29, 1.82) is 0 Å². The first kappa shape index (κ1) is 10.5. The molecule has 0 radical (unpaired) electrons. The molecule has 0 aromatic heterocycles. The second-order valence-electron chi connectivity index (χ2n) is 6.50. The Morgan fingerprint density at radius 1 is 1.21 bits per heavy atom. The van der Waals surface area contributed by atoms with E-state index in [4.69, 9.17) is 0 Å². The van der Waals surface area contributed by atoms with Gasteiger partial charge in [0, 0.05) is 6.54 Å². The molecule has 1 heterocycles. The van der Waals surface area contributed by atoms with Gasteiger partial charge in [-0.05, 0) is 56.0 Å². The maximum Gasteiger partial charge on any atom is 0.00353 e. The van der Waals surface area contributed by atoms with Gasteiger partial charge in [-0.25, -0.2) is 0 Å². The van der Waals surface area contributed by atoms with Crippen LogP contribution in [0.4, 0.5) is 0 Å². The molecule has 1 saturated carbocycles. The van der Waals surface area contributed by atoms with Crippen LogP contribution in [0.2, 0.25) is 0 Å². The molecule has 0 unspecified atom stereocenters. The van der Waals surface area contributed by atoms with Gasteiger partial charge in [0.2, 0.25) is 0 Å². The predicted octanol–water partition coefficient (Wildman–Crippen LogP) is 3.15. The van der Waals surface area contributed by atoms with E-state index in [0.29, 0.717) is 10.8 Å². The number of likely N-dealkylation sites (tertiary alicyclic amines) is 1. The third-order valence-corrected chi connectivity index (χ3v) is 4.80. The molecular weight excluding hydrogens is 170 g/mol. The van der Waals surface area contributed by atoms with Crippen molar-refractivity contribution in [2.45, 2.75) is 46.5 Å². The molecule has 1 heteroatoms. The van der Waals surface area contributed by atoms with E-state index in [9.17, 15) is 0 Å². The lowest BCUT2D eigenvalue weighted by atomic mass is 9.48. The van der Waals surface area contributed by atoms with Gasteiger partial charge in [-0.2, -0.15) is 0 Å². The third-order valence-electron chi connectivity index (χ3n) is 4.80. The maximum atomic E-state index is 2.53. The molecule has 0 N–H and O–H groups in total. The summed E-state index contributed by atoms with van der Waals surface area (Å²) in [6.07, 6.45) is 5.86. The largest absolute Gasteiger partial charge is 0.306 e. The Bertz CT molecular complexity index is 213. The summed E-state index contributed by atoms with van der Waals surface area (Å²) in [5.41, 5.74) is 1.37. The molecule has 0 bridgehead atoms. The van der Waals surface area contributed by atoms with Gasteiger partial charge in [-0.3, -0.25) is 0 Å². The summed E-state index contributed by atoms with van der Waals surface area (Å²) >= 11 is 0. The average molecular weight is 195 g/mol. The van der Waals surface area contributed by atoms with Crippen molar-refractivity contribution in [2.24, 2.45) is 16.7 Å². The zero-order chi connectivity index (χ0) is 10.4. The van der Waals surface area contributed by atoms with Crippen LogP contribution in [-0.4, -0.2) is 25.0 Å². The lowest BCUT2D eigenvalue weighted by Crippen LogP contribution is -2.55. The highest BCUT2D eigenvalue weighted by atomic mass is 15.1. The first-order valence-electron chi connectivity index (χ1n) is 6.14. The summed E-state index contributed by atoms with van der Waals surface area (Å²) in [6, 6.07) is 0. The molecule has 0 amide bonds. The fraction of sp³-hybridized carbons (Fsp3) is 1.00. The third kappa shape index (κ3) is 1.60. The van der Waals surface area contributed by atoms with Crippen LogP contribution >= 0.6 is 0 Å². The van der Waals surface area contributed by atoms with Gasteiger partial charge in [0.15, 0.2) is 0 Å². The van der Waals surface area contributed by atoms with E-state index in [0.717, 1.165) is 5.92 Å². The molecule has 82 valence electrons. The molecule has 14 heavy (non-hydrogen) atoms. The van der Waals surface area contributed by atoms with E-state index in [2.05, 4.69) is 32.7 Å². The highest BCUT2D eigenvalue weighted by Gasteiger charge is 2.53. The van der Waals surface area contributed by atoms with Crippen LogP contribution in [0.5, 0.6) is 0 Å². The van der Waals surface area contributed by atoms with Gasteiger partial charge in [-0.15, -0.1) is 0 Å². The van der Waals surface area contributed by atoms with Gasteiger partial charge >= 0.3 is 0 Å². The van der Waals surface area contributed by atoms with Crippen molar-refractivity contribution in [3.05, 3.63) is 0 Å². The Morgan fingerprint density at radius 2 is 1.86 bits per heavy atom. The smallest absolute Gasteiger partial charge is 0.00353 e. The highest BCUT2D eigenvalue weighted by molar-refractivity contribution is 5.04. The van der Waals surface area contributed by atoms with Crippen molar-refractivity contribution in [3.63, 3.8) is 0 Å². The molecule has 2 rings (SSSR count). The van der Waals surface area contributed by atoms with Crippen LogP contribution in [-0.2, 0) is 0 Å². The normalized spacial score (nSPS) is 44.4. The van der Waals surface area contributed by atoms with Crippen LogP contribution in [0.25, 0.3) is 0 Å². The monoisotopic (exact) mass is 195 g/mol. The molecular formula is C13H25N. The van der Waals surface area contributed by atoms with E-state index >= 15 is 0 Å². The van der Waals surface area contributed by atoms with Gasteiger partial charge in [0.1, 0.15) is 0 Å². The molecule has 1 spiro atoms. The number of piperidine rings is 1. The minimum Gasteiger partial charge on any atom is -0.306 e. The van der Waals surface area contributed by atoms with Gasteiger partial charge in [0.25, 0.3) is 0 Å². The second kappa shape index (κ2) is 3.23. The summed E-state index contributed by atoms with van der Waals surface area (Å²) < 4.78 is 0. The zero-order valence-electron chi connectivity index (χ0n) is 10.3. The molecule has 1 aliphatic carbocycles. The molecule has 0 aromatic rings. The van der Waals surface area contributed by atoms with Crippen molar-refractivity contribution >= 4 is 0 Å². The van der Waals surface area contributed by atoms with Crippen LogP contribution in [0.1, 0.15) is 46.5 Å². The van der Waals surface area contributed by atoms with E-state index in [-0.39, 0.29) is 0 Å². The molecule has 0 aromatic carbocycles.